The van der Waals surface area contributed by atoms with Crippen molar-refractivity contribution in [2.75, 3.05) is 6.54 Å². The lowest BCUT2D eigenvalue weighted by Crippen LogP contribution is -2.40. The molecule has 2 aromatic rings. The first kappa shape index (κ1) is 25.8. The van der Waals surface area contributed by atoms with Gasteiger partial charge in [-0.3, -0.25) is 9.59 Å². The maximum atomic E-state index is 12.3. The van der Waals surface area contributed by atoms with Gasteiger partial charge in [0.05, 0.1) is 31.1 Å². The smallest absolute Gasteiger partial charge is 0.389 e. The fourth-order valence-electron chi connectivity index (χ4n) is 2.61. The molecule has 2 aromatic heterocycles. The number of hydrogen-bond acceptors (Lipinski definition) is 7. The molecule has 0 aromatic carbocycles. The van der Waals surface area contributed by atoms with Gasteiger partial charge in [-0.1, -0.05) is 0 Å². The van der Waals surface area contributed by atoms with E-state index in [2.05, 4.69) is 20.7 Å². The number of amides is 2. The maximum Gasteiger partial charge on any atom is 0.389 e. The van der Waals surface area contributed by atoms with E-state index >= 15 is 0 Å². The Morgan fingerprint density at radius 1 is 1.24 bits per heavy atom. The first-order chi connectivity index (χ1) is 15.5. The van der Waals surface area contributed by atoms with Crippen LogP contribution in [0.5, 0.6) is 0 Å². The topological polar surface area (TPSA) is 144 Å². The minimum atomic E-state index is -4.41. The molecule has 0 fully saturated rings. The molecule has 0 aliphatic carbocycles. The Balaban J connectivity index is 1.92. The number of alkyl halides is 5. The van der Waals surface area contributed by atoms with Crippen LogP contribution in [0, 0.1) is 0 Å². The van der Waals surface area contributed by atoms with Crippen molar-refractivity contribution < 1.29 is 31.5 Å². The first-order valence-electron chi connectivity index (χ1n) is 9.65. The highest BCUT2D eigenvalue weighted by molar-refractivity contribution is 5.92. The van der Waals surface area contributed by atoms with Crippen LogP contribution in [0.15, 0.2) is 30.4 Å². The van der Waals surface area contributed by atoms with Gasteiger partial charge in [0.15, 0.2) is 5.65 Å². The van der Waals surface area contributed by atoms with Crippen molar-refractivity contribution in [3.05, 3.63) is 41.6 Å². The van der Waals surface area contributed by atoms with E-state index in [0.29, 0.717) is 16.9 Å². The van der Waals surface area contributed by atoms with Crippen LogP contribution >= 0.6 is 0 Å². The van der Waals surface area contributed by atoms with E-state index in [1.165, 1.54) is 16.9 Å². The maximum absolute atomic E-state index is 12.3. The number of hydrazine groups is 1. The summed E-state index contributed by atoms with van der Waals surface area (Å²) < 4.78 is 62.5. The van der Waals surface area contributed by atoms with Gasteiger partial charge < -0.3 is 21.4 Å². The third kappa shape index (κ3) is 8.51. The number of aromatic nitrogens is 3. The molecule has 0 aliphatic heterocycles. The van der Waals surface area contributed by atoms with Crippen molar-refractivity contribution in [2.45, 2.75) is 45.0 Å². The van der Waals surface area contributed by atoms with E-state index in [9.17, 15) is 31.5 Å². The summed E-state index contributed by atoms with van der Waals surface area (Å²) in [6.45, 7) is -0.359. The van der Waals surface area contributed by atoms with Gasteiger partial charge in [-0.05, 0) is 11.6 Å². The van der Waals surface area contributed by atoms with Crippen LogP contribution in [0.25, 0.3) is 5.65 Å². The van der Waals surface area contributed by atoms with Crippen LogP contribution < -0.4 is 22.2 Å². The number of nitrogens with zero attached hydrogens (tertiary/aromatic N) is 4. The van der Waals surface area contributed by atoms with Gasteiger partial charge in [0.25, 0.3) is 5.91 Å². The van der Waals surface area contributed by atoms with Gasteiger partial charge in [-0.15, -0.1) is 0 Å². The molecular weight excluding hydrogens is 455 g/mol. The Hall–Kier alpha value is -3.49. The van der Waals surface area contributed by atoms with Gasteiger partial charge in [-0.2, -0.15) is 18.3 Å². The van der Waals surface area contributed by atoms with Crippen LogP contribution in [0.2, 0.25) is 0 Å². The SMILES string of the molecule is N/C=C(/C(=O)NCc1cn2ncc(CNC(=O)CCC(F)(F)F)cc2n1)N(N)CCC(F)F. The summed E-state index contributed by atoms with van der Waals surface area (Å²) in [5.41, 5.74) is 6.45. The molecule has 2 heterocycles. The van der Waals surface area contributed by atoms with E-state index < -0.39 is 43.7 Å². The van der Waals surface area contributed by atoms with E-state index in [1.54, 1.807) is 6.07 Å². The zero-order chi connectivity index (χ0) is 24.6. The number of carbonyl (C=O) groups excluding carboxylic acids is 2. The van der Waals surface area contributed by atoms with Gasteiger partial charge in [-0.25, -0.2) is 24.1 Å². The fourth-order valence-corrected chi connectivity index (χ4v) is 2.61. The molecule has 15 heteroatoms. The Bertz CT molecular complexity index is 992. The van der Waals surface area contributed by atoms with Crippen LogP contribution in [0.4, 0.5) is 22.0 Å². The predicted molar refractivity (Wildman–Crippen MR) is 106 cm³/mol. The van der Waals surface area contributed by atoms with Gasteiger partial charge in [0.2, 0.25) is 12.3 Å². The van der Waals surface area contributed by atoms with Crippen molar-refractivity contribution >= 4 is 17.5 Å². The Morgan fingerprint density at radius 2 is 1.97 bits per heavy atom. The Labute approximate surface area is 184 Å². The zero-order valence-electron chi connectivity index (χ0n) is 17.3. The number of halogens is 5. The molecule has 2 rings (SSSR count). The summed E-state index contributed by atoms with van der Waals surface area (Å²) in [6.07, 6.45) is -5.58. The fraction of sp³-hybridized carbons (Fsp3) is 0.444. The summed E-state index contributed by atoms with van der Waals surface area (Å²) >= 11 is 0. The predicted octanol–water partition coefficient (Wildman–Crippen LogP) is 0.935. The van der Waals surface area contributed by atoms with Gasteiger partial charge >= 0.3 is 6.18 Å². The number of nitrogens with one attached hydrogen (secondary N) is 2. The molecule has 182 valence electrons. The summed E-state index contributed by atoms with van der Waals surface area (Å²) in [4.78, 5) is 28.0. The van der Waals surface area contributed by atoms with Crippen molar-refractivity contribution in [3.63, 3.8) is 0 Å². The van der Waals surface area contributed by atoms with Crippen molar-refractivity contribution in [1.82, 2.24) is 30.2 Å². The molecule has 0 aliphatic rings. The highest BCUT2D eigenvalue weighted by Gasteiger charge is 2.27. The average molecular weight is 478 g/mol. The monoisotopic (exact) mass is 478 g/mol. The van der Waals surface area contributed by atoms with Gasteiger partial charge in [0.1, 0.15) is 5.70 Å². The molecule has 33 heavy (non-hydrogen) atoms. The standard InChI is InChI=1S/C18H23F5N8O2/c19-14(20)2-4-30(25)13(6-24)17(33)27-9-12-10-31-15(29-12)5-11(8-28-31)7-26-16(32)1-3-18(21,22)23/h5-6,8,10,14H,1-4,7,9,24-25H2,(H,26,32)(H,27,33)/b13-6-. The van der Waals surface area contributed by atoms with E-state index in [4.69, 9.17) is 11.6 Å². The Kier molecular flexibility index (Phi) is 8.90. The summed E-state index contributed by atoms with van der Waals surface area (Å²) in [5, 5.41) is 9.80. The number of imidazole rings is 1. The van der Waals surface area contributed by atoms with E-state index in [0.717, 1.165) is 11.2 Å². The van der Waals surface area contributed by atoms with Crippen LogP contribution in [0.3, 0.4) is 0 Å². The lowest BCUT2D eigenvalue weighted by molar-refractivity contribution is -0.144. The lowest BCUT2D eigenvalue weighted by Gasteiger charge is -2.20. The molecule has 0 saturated carbocycles. The highest BCUT2D eigenvalue weighted by Crippen LogP contribution is 2.21. The molecule has 0 bridgehead atoms. The molecule has 0 spiro atoms. The largest absolute Gasteiger partial charge is 0.403 e. The molecular formula is C18H23F5N8O2. The number of carbonyl (C=O) groups is 2. The number of nitrogens with two attached hydrogens (primary N) is 2. The van der Waals surface area contributed by atoms with Crippen LogP contribution in [-0.2, 0) is 22.7 Å². The zero-order valence-corrected chi connectivity index (χ0v) is 17.3. The minimum Gasteiger partial charge on any atom is -0.403 e. The summed E-state index contributed by atoms with van der Waals surface area (Å²) in [5.74, 6) is 4.15. The lowest BCUT2D eigenvalue weighted by atomic mass is 10.2. The molecule has 2 amide bonds. The molecule has 0 unspecified atom stereocenters. The van der Waals surface area contributed by atoms with Crippen molar-refractivity contribution in [2.24, 2.45) is 11.6 Å². The van der Waals surface area contributed by atoms with E-state index in [1.807, 2.05) is 0 Å². The molecule has 10 nitrogen and oxygen atoms in total. The second-order valence-electron chi connectivity index (χ2n) is 6.90. The van der Waals surface area contributed by atoms with Crippen molar-refractivity contribution in [1.29, 1.82) is 0 Å². The molecule has 0 radical (unpaired) electrons. The molecule has 0 saturated heterocycles. The minimum absolute atomic E-state index is 0.0330. The Morgan fingerprint density at radius 3 is 2.61 bits per heavy atom. The second kappa shape index (κ2) is 11.4. The number of hydrogen-bond donors (Lipinski definition) is 4. The van der Waals surface area contributed by atoms with E-state index in [-0.39, 0.29) is 25.3 Å². The summed E-state index contributed by atoms with van der Waals surface area (Å²) in [7, 11) is 0. The van der Waals surface area contributed by atoms with Crippen molar-refractivity contribution in [3.8, 4) is 0 Å². The third-order valence-electron chi connectivity index (χ3n) is 4.27. The molecule has 6 N–H and O–H groups in total. The first-order valence-corrected chi connectivity index (χ1v) is 9.65. The quantitative estimate of drug-likeness (QED) is 0.163. The average Bonchev–Trinajstić information content (AvgIpc) is 3.15. The van der Waals surface area contributed by atoms with Crippen LogP contribution in [0.1, 0.15) is 30.5 Å². The normalized spacial score (nSPS) is 12.3. The van der Waals surface area contributed by atoms with Gasteiger partial charge in [0, 0.05) is 32.1 Å². The number of fused-ring (bicyclic) bond motifs is 1. The molecule has 0 atom stereocenters. The van der Waals surface area contributed by atoms with Crippen LogP contribution in [-0.4, -0.2) is 50.6 Å². The second-order valence-corrected chi connectivity index (χ2v) is 6.90. The third-order valence-corrected chi connectivity index (χ3v) is 4.27. The number of rotatable bonds is 11. The highest BCUT2D eigenvalue weighted by atomic mass is 19.4. The summed E-state index contributed by atoms with van der Waals surface area (Å²) in [6, 6.07) is 1.57.